The van der Waals surface area contributed by atoms with Gasteiger partial charge in [0, 0.05) is 5.69 Å². The van der Waals surface area contributed by atoms with Crippen LogP contribution in [0.3, 0.4) is 0 Å². The molecule has 2 N–H and O–H groups in total. The molecule has 2 aromatic rings. The zero-order valence-corrected chi connectivity index (χ0v) is 17.4. The highest BCUT2D eigenvalue weighted by atomic mass is 16.5. The molecule has 0 atom stereocenters. The molecule has 8 nitrogen and oxygen atoms in total. The van der Waals surface area contributed by atoms with E-state index < -0.39 is 5.97 Å². The predicted octanol–water partition coefficient (Wildman–Crippen LogP) is 2.77. The van der Waals surface area contributed by atoms with Gasteiger partial charge in [0.2, 0.25) is 11.8 Å². The first-order valence-corrected chi connectivity index (χ1v) is 9.60. The highest BCUT2D eigenvalue weighted by molar-refractivity contribution is 5.96. The second-order valence-electron chi connectivity index (χ2n) is 6.58. The standard InChI is InChI=1S/C22H27N3O5/c1-4-13-25(15-21(27)24-18-7-5-6-8-19(18)29-2)14-20(26)23-17-11-9-16(10-12-17)22(28)30-3/h5-12H,4,13-15H2,1-3H3,(H,23,26)(H,24,27). The lowest BCUT2D eigenvalue weighted by molar-refractivity contribution is -0.120. The predicted molar refractivity (Wildman–Crippen MR) is 115 cm³/mol. The maximum absolute atomic E-state index is 12.5. The molecule has 0 aliphatic carbocycles. The van der Waals surface area contributed by atoms with Crippen molar-refractivity contribution in [2.24, 2.45) is 0 Å². The van der Waals surface area contributed by atoms with Crippen molar-refractivity contribution in [2.45, 2.75) is 13.3 Å². The minimum Gasteiger partial charge on any atom is -0.495 e. The number of benzene rings is 2. The van der Waals surface area contributed by atoms with Crippen molar-refractivity contribution in [3.05, 3.63) is 54.1 Å². The van der Waals surface area contributed by atoms with Gasteiger partial charge >= 0.3 is 5.97 Å². The Kier molecular flexibility index (Phi) is 8.83. The summed E-state index contributed by atoms with van der Waals surface area (Å²) >= 11 is 0. The fourth-order valence-corrected chi connectivity index (χ4v) is 2.88. The summed E-state index contributed by atoms with van der Waals surface area (Å²) in [6.45, 7) is 2.70. The van der Waals surface area contributed by atoms with Crippen LogP contribution in [0.15, 0.2) is 48.5 Å². The fraction of sp³-hybridized carbons (Fsp3) is 0.318. The van der Waals surface area contributed by atoms with Crippen LogP contribution in [0.5, 0.6) is 5.75 Å². The number of methoxy groups -OCH3 is 2. The number of para-hydroxylation sites is 2. The summed E-state index contributed by atoms with van der Waals surface area (Å²) < 4.78 is 9.89. The summed E-state index contributed by atoms with van der Waals surface area (Å²) in [6, 6.07) is 13.5. The normalized spacial score (nSPS) is 10.4. The van der Waals surface area contributed by atoms with E-state index in [1.54, 1.807) is 47.4 Å². The van der Waals surface area contributed by atoms with Crippen LogP contribution >= 0.6 is 0 Å². The molecule has 0 aliphatic rings. The molecule has 0 saturated heterocycles. The van der Waals surface area contributed by atoms with E-state index in [2.05, 4.69) is 15.4 Å². The molecule has 30 heavy (non-hydrogen) atoms. The Labute approximate surface area is 176 Å². The number of ether oxygens (including phenoxy) is 2. The molecule has 0 bridgehead atoms. The number of esters is 1. The molecule has 0 radical (unpaired) electrons. The van der Waals surface area contributed by atoms with Crippen LogP contribution in [-0.2, 0) is 14.3 Å². The molecule has 0 aliphatic heterocycles. The molecule has 0 spiro atoms. The van der Waals surface area contributed by atoms with E-state index in [-0.39, 0.29) is 24.9 Å². The van der Waals surface area contributed by atoms with Crippen molar-refractivity contribution >= 4 is 29.2 Å². The molecule has 8 heteroatoms. The maximum atomic E-state index is 12.5. The number of rotatable bonds is 10. The Hall–Kier alpha value is -3.39. The van der Waals surface area contributed by atoms with Crippen LogP contribution in [0.1, 0.15) is 23.7 Å². The quantitative estimate of drug-likeness (QED) is 0.582. The van der Waals surface area contributed by atoms with Gasteiger partial charge in [-0.25, -0.2) is 4.79 Å². The highest BCUT2D eigenvalue weighted by Gasteiger charge is 2.16. The third-order valence-electron chi connectivity index (χ3n) is 4.25. The molecule has 160 valence electrons. The molecular weight excluding hydrogens is 386 g/mol. The Bertz CT molecular complexity index is 867. The van der Waals surface area contributed by atoms with Gasteiger partial charge in [0.05, 0.1) is 38.6 Å². The lowest BCUT2D eigenvalue weighted by atomic mass is 10.2. The van der Waals surface area contributed by atoms with Crippen LogP contribution in [0.4, 0.5) is 11.4 Å². The van der Waals surface area contributed by atoms with E-state index in [0.29, 0.717) is 29.2 Å². The second kappa shape index (κ2) is 11.6. The van der Waals surface area contributed by atoms with Crippen molar-refractivity contribution in [3.8, 4) is 5.75 Å². The van der Waals surface area contributed by atoms with E-state index in [1.165, 1.54) is 14.2 Å². The van der Waals surface area contributed by atoms with Gasteiger partial charge < -0.3 is 20.1 Å². The van der Waals surface area contributed by atoms with Gasteiger partial charge in [0.1, 0.15) is 5.75 Å². The largest absolute Gasteiger partial charge is 0.495 e. The Morgan fingerprint density at radius 1 is 0.900 bits per heavy atom. The lowest BCUT2D eigenvalue weighted by Crippen LogP contribution is -2.39. The van der Waals surface area contributed by atoms with Gasteiger partial charge in [-0.2, -0.15) is 0 Å². The number of amides is 2. The average Bonchev–Trinajstić information content (AvgIpc) is 2.74. The molecule has 2 rings (SSSR count). The third kappa shape index (κ3) is 6.89. The smallest absolute Gasteiger partial charge is 0.337 e. The summed E-state index contributed by atoms with van der Waals surface area (Å²) in [6.07, 6.45) is 0.795. The van der Waals surface area contributed by atoms with Gasteiger partial charge in [-0.3, -0.25) is 14.5 Å². The summed E-state index contributed by atoms with van der Waals surface area (Å²) in [7, 11) is 2.85. The number of anilines is 2. The first-order valence-electron chi connectivity index (χ1n) is 9.60. The van der Waals surface area contributed by atoms with Crippen molar-refractivity contribution < 1.29 is 23.9 Å². The SMILES string of the molecule is CCCN(CC(=O)Nc1ccc(C(=O)OC)cc1)CC(=O)Nc1ccccc1OC. The van der Waals surface area contributed by atoms with Crippen LogP contribution in [-0.4, -0.2) is 56.5 Å². The van der Waals surface area contributed by atoms with Crippen molar-refractivity contribution in [1.29, 1.82) is 0 Å². The molecular formula is C22H27N3O5. The zero-order valence-electron chi connectivity index (χ0n) is 17.4. The third-order valence-corrected chi connectivity index (χ3v) is 4.25. The van der Waals surface area contributed by atoms with Crippen molar-refractivity contribution in [2.75, 3.05) is 44.5 Å². The number of carbonyl (C=O) groups excluding carboxylic acids is 3. The fourth-order valence-electron chi connectivity index (χ4n) is 2.88. The number of hydrogen-bond donors (Lipinski definition) is 2. The lowest BCUT2D eigenvalue weighted by Gasteiger charge is -2.21. The monoisotopic (exact) mass is 413 g/mol. The van der Waals surface area contributed by atoms with Gasteiger partial charge in [0.25, 0.3) is 0 Å². The van der Waals surface area contributed by atoms with Gasteiger partial charge in [-0.05, 0) is 49.4 Å². The van der Waals surface area contributed by atoms with Gasteiger partial charge in [0.15, 0.2) is 0 Å². The minimum atomic E-state index is -0.442. The van der Waals surface area contributed by atoms with Crippen LogP contribution in [0.25, 0.3) is 0 Å². The molecule has 2 amide bonds. The second-order valence-corrected chi connectivity index (χ2v) is 6.58. The molecule has 0 heterocycles. The molecule has 2 aromatic carbocycles. The number of nitrogens with zero attached hydrogens (tertiary/aromatic N) is 1. The molecule has 0 aromatic heterocycles. The average molecular weight is 413 g/mol. The summed E-state index contributed by atoms with van der Waals surface area (Å²) in [4.78, 5) is 38.1. The van der Waals surface area contributed by atoms with E-state index >= 15 is 0 Å². The Morgan fingerprint density at radius 3 is 2.13 bits per heavy atom. The summed E-state index contributed by atoms with van der Waals surface area (Å²) in [5, 5.41) is 5.59. The van der Waals surface area contributed by atoms with E-state index in [4.69, 9.17) is 4.74 Å². The van der Waals surface area contributed by atoms with Crippen molar-refractivity contribution in [1.82, 2.24) is 4.90 Å². The molecule has 0 fully saturated rings. The van der Waals surface area contributed by atoms with E-state index in [0.717, 1.165) is 6.42 Å². The zero-order chi connectivity index (χ0) is 21.9. The number of carbonyl (C=O) groups is 3. The highest BCUT2D eigenvalue weighted by Crippen LogP contribution is 2.22. The summed E-state index contributed by atoms with van der Waals surface area (Å²) in [5.41, 5.74) is 1.54. The van der Waals surface area contributed by atoms with Crippen LogP contribution in [0.2, 0.25) is 0 Å². The molecule has 0 unspecified atom stereocenters. The maximum Gasteiger partial charge on any atom is 0.337 e. The number of nitrogens with one attached hydrogen (secondary N) is 2. The van der Waals surface area contributed by atoms with E-state index in [1.807, 2.05) is 13.0 Å². The van der Waals surface area contributed by atoms with Crippen LogP contribution < -0.4 is 15.4 Å². The topological polar surface area (TPSA) is 97.0 Å². The van der Waals surface area contributed by atoms with Crippen LogP contribution in [0, 0.1) is 0 Å². The Morgan fingerprint density at radius 2 is 1.53 bits per heavy atom. The molecule has 0 saturated carbocycles. The summed E-state index contributed by atoms with van der Waals surface area (Å²) in [5.74, 6) is -0.355. The van der Waals surface area contributed by atoms with Gasteiger partial charge in [-0.15, -0.1) is 0 Å². The van der Waals surface area contributed by atoms with Gasteiger partial charge in [-0.1, -0.05) is 19.1 Å². The van der Waals surface area contributed by atoms with E-state index in [9.17, 15) is 14.4 Å². The first kappa shape index (κ1) is 22.9. The Balaban J connectivity index is 1.93. The minimum absolute atomic E-state index is 0.0614. The number of hydrogen-bond acceptors (Lipinski definition) is 6. The van der Waals surface area contributed by atoms with Crippen molar-refractivity contribution in [3.63, 3.8) is 0 Å². The first-order chi connectivity index (χ1) is 14.5.